The fourth-order valence-electron chi connectivity index (χ4n) is 5.37. The van der Waals surface area contributed by atoms with E-state index in [1.54, 1.807) is 18.2 Å². The topological polar surface area (TPSA) is 156 Å². The molecule has 2 saturated heterocycles. The SMILES string of the molecule is CNS(=O)(=O)c1cccc(OCC(O)CN[C@H]2COC3(CCN(S(=O)(=O)c4cnc5c(c4)CCCO5)CC3)C2)c1. The highest BCUT2D eigenvalue weighted by molar-refractivity contribution is 7.89. The maximum atomic E-state index is 13.3. The lowest BCUT2D eigenvalue weighted by molar-refractivity contribution is -0.0312. The van der Waals surface area contributed by atoms with Gasteiger partial charge in [-0.3, -0.25) is 0 Å². The molecule has 1 spiro atoms. The van der Waals surface area contributed by atoms with Crippen LogP contribution in [0, 0.1) is 0 Å². The van der Waals surface area contributed by atoms with Gasteiger partial charge in [-0.2, -0.15) is 4.31 Å². The molecule has 3 aliphatic heterocycles. The summed E-state index contributed by atoms with van der Waals surface area (Å²) in [5.74, 6) is 0.867. The van der Waals surface area contributed by atoms with Gasteiger partial charge in [0.15, 0.2) is 0 Å². The van der Waals surface area contributed by atoms with E-state index < -0.39 is 31.8 Å². The fourth-order valence-corrected chi connectivity index (χ4v) is 7.57. The molecule has 220 valence electrons. The van der Waals surface area contributed by atoms with Crippen LogP contribution in [0.2, 0.25) is 0 Å². The van der Waals surface area contributed by atoms with Crippen LogP contribution in [0.4, 0.5) is 0 Å². The Bertz CT molecular complexity index is 1410. The molecule has 0 amide bonds. The van der Waals surface area contributed by atoms with Crippen LogP contribution in [-0.2, 0) is 31.2 Å². The maximum Gasteiger partial charge on any atom is 0.244 e. The lowest BCUT2D eigenvalue weighted by Gasteiger charge is -2.38. The van der Waals surface area contributed by atoms with Gasteiger partial charge in [0.2, 0.25) is 25.9 Å². The Morgan fingerprint density at radius 2 is 2.00 bits per heavy atom. The van der Waals surface area contributed by atoms with Crippen LogP contribution in [0.3, 0.4) is 0 Å². The van der Waals surface area contributed by atoms with Crippen LogP contribution in [0.5, 0.6) is 11.6 Å². The molecule has 0 aliphatic carbocycles. The normalized spacial score (nSPS) is 22.0. The summed E-state index contributed by atoms with van der Waals surface area (Å²) in [7, 11) is -5.91. The predicted octanol–water partition coefficient (Wildman–Crippen LogP) is 0.656. The van der Waals surface area contributed by atoms with Crippen LogP contribution >= 0.6 is 0 Å². The number of ether oxygens (including phenoxy) is 3. The fraction of sp³-hybridized carbons (Fsp3) is 0.577. The largest absolute Gasteiger partial charge is 0.491 e. The maximum absolute atomic E-state index is 13.3. The Kier molecular flexibility index (Phi) is 8.66. The van der Waals surface area contributed by atoms with E-state index in [4.69, 9.17) is 14.2 Å². The van der Waals surface area contributed by atoms with Gasteiger partial charge in [-0.25, -0.2) is 26.5 Å². The van der Waals surface area contributed by atoms with Crippen molar-refractivity contribution in [3.63, 3.8) is 0 Å². The molecule has 3 aliphatic rings. The summed E-state index contributed by atoms with van der Waals surface area (Å²) in [5.41, 5.74) is 0.434. The minimum Gasteiger partial charge on any atom is -0.491 e. The number of aliphatic hydroxyl groups is 1. The Morgan fingerprint density at radius 3 is 2.77 bits per heavy atom. The molecule has 0 bridgehead atoms. The van der Waals surface area contributed by atoms with Gasteiger partial charge < -0.3 is 24.6 Å². The molecular formula is C26H36N4O8S2. The number of nitrogens with zero attached hydrogens (tertiary/aromatic N) is 2. The first-order chi connectivity index (χ1) is 19.1. The highest BCUT2D eigenvalue weighted by Gasteiger charge is 2.45. The summed E-state index contributed by atoms with van der Waals surface area (Å²) in [6, 6.07) is 7.79. The first-order valence-corrected chi connectivity index (χ1v) is 16.4. The molecule has 5 rings (SSSR count). The molecule has 3 N–H and O–H groups in total. The van der Waals surface area contributed by atoms with Gasteiger partial charge in [0, 0.05) is 37.3 Å². The molecule has 2 fully saturated rings. The number of benzene rings is 1. The smallest absolute Gasteiger partial charge is 0.244 e. The number of aryl methyl sites for hydroxylation is 1. The number of piperidine rings is 1. The minimum atomic E-state index is -3.66. The number of aliphatic hydroxyl groups excluding tert-OH is 1. The molecule has 12 nitrogen and oxygen atoms in total. The van der Waals surface area contributed by atoms with Crippen molar-refractivity contribution in [2.75, 3.05) is 46.5 Å². The van der Waals surface area contributed by atoms with E-state index in [2.05, 4.69) is 15.0 Å². The second-order valence-electron chi connectivity index (χ2n) is 10.4. The number of hydrogen-bond donors (Lipinski definition) is 3. The molecule has 1 aromatic carbocycles. The van der Waals surface area contributed by atoms with Gasteiger partial charge >= 0.3 is 0 Å². The predicted molar refractivity (Wildman–Crippen MR) is 145 cm³/mol. The van der Waals surface area contributed by atoms with Crippen molar-refractivity contribution < 1.29 is 36.2 Å². The van der Waals surface area contributed by atoms with Crippen molar-refractivity contribution in [2.24, 2.45) is 0 Å². The molecule has 4 heterocycles. The van der Waals surface area contributed by atoms with E-state index in [1.165, 1.54) is 29.7 Å². The summed E-state index contributed by atoms with van der Waals surface area (Å²) in [6.45, 7) is 2.06. The molecule has 1 unspecified atom stereocenters. The van der Waals surface area contributed by atoms with E-state index in [0.29, 0.717) is 50.8 Å². The molecule has 14 heteroatoms. The number of fused-ring (bicyclic) bond motifs is 1. The zero-order chi connectivity index (χ0) is 28.4. The summed E-state index contributed by atoms with van der Waals surface area (Å²) in [5, 5.41) is 13.7. The van der Waals surface area contributed by atoms with Crippen LogP contribution < -0.4 is 19.5 Å². The number of aromatic nitrogens is 1. The third-order valence-corrected chi connectivity index (χ3v) is 11.0. The highest BCUT2D eigenvalue weighted by atomic mass is 32.2. The van der Waals surface area contributed by atoms with Gasteiger partial charge in [0.25, 0.3) is 0 Å². The Labute approximate surface area is 235 Å². The number of pyridine rings is 1. The standard InChI is InChI=1S/C26H36N4O8S2/c1-27-39(32,33)23-6-2-5-22(13-23)37-18-21(31)15-28-20-14-26(38-17-20)7-9-30(10-8-26)40(34,35)24-12-19-4-3-11-36-25(19)29-16-24/h2,5-6,12-13,16,20-21,27-28,31H,3-4,7-11,14-15,17-18H2,1H3/t20-,21?/m1/s1. The molecule has 2 aromatic rings. The van der Waals surface area contributed by atoms with Gasteiger partial charge in [-0.15, -0.1) is 0 Å². The van der Waals surface area contributed by atoms with Crippen LogP contribution in [0.1, 0.15) is 31.2 Å². The van der Waals surface area contributed by atoms with E-state index in [9.17, 15) is 21.9 Å². The zero-order valence-corrected chi connectivity index (χ0v) is 24.0. The van der Waals surface area contributed by atoms with E-state index >= 15 is 0 Å². The van der Waals surface area contributed by atoms with Crippen LogP contribution in [0.15, 0.2) is 46.3 Å². The van der Waals surface area contributed by atoms with E-state index in [1.807, 2.05) is 0 Å². The summed E-state index contributed by atoms with van der Waals surface area (Å²) >= 11 is 0. The average molecular weight is 597 g/mol. The highest BCUT2D eigenvalue weighted by Crippen LogP contribution is 2.37. The van der Waals surface area contributed by atoms with E-state index in [0.717, 1.165) is 24.8 Å². The number of rotatable bonds is 10. The van der Waals surface area contributed by atoms with Crippen molar-refractivity contribution in [2.45, 2.75) is 59.6 Å². The van der Waals surface area contributed by atoms with Crippen molar-refractivity contribution in [3.05, 3.63) is 42.1 Å². The van der Waals surface area contributed by atoms with Crippen LogP contribution in [0.25, 0.3) is 0 Å². The Morgan fingerprint density at radius 1 is 1.20 bits per heavy atom. The molecular weight excluding hydrogens is 560 g/mol. The number of nitrogens with one attached hydrogen (secondary N) is 2. The Balaban J connectivity index is 1.08. The number of sulfonamides is 2. The molecule has 1 aromatic heterocycles. The van der Waals surface area contributed by atoms with Gasteiger partial charge in [-0.1, -0.05) is 6.07 Å². The van der Waals surface area contributed by atoms with Gasteiger partial charge in [-0.05, 0) is 57.4 Å². The average Bonchev–Trinajstić information content (AvgIpc) is 3.37. The zero-order valence-electron chi connectivity index (χ0n) is 22.4. The van der Waals surface area contributed by atoms with Crippen molar-refractivity contribution >= 4 is 20.0 Å². The lowest BCUT2D eigenvalue weighted by atomic mass is 9.88. The third-order valence-electron chi connectivity index (χ3n) is 7.68. The second-order valence-corrected chi connectivity index (χ2v) is 14.3. The molecule has 2 atom stereocenters. The Hall–Kier alpha value is -2.33. The van der Waals surface area contributed by atoms with E-state index in [-0.39, 0.29) is 29.0 Å². The summed E-state index contributed by atoms with van der Waals surface area (Å²) in [4.78, 5) is 4.51. The lowest BCUT2D eigenvalue weighted by Crippen LogP contribution is -2.47. The first kappa shape index (κ1) is 29.2. The third kappa shape index (κ3) is 6.43. The first-order valence-electron chi connectivity index (χ1n) is 13.4. The molecule has 0 radical (unpaired) electrons. The second kappa shape index (κ2) is 11.9. The van der Waals surface area contributed by atoms with Gasteiger partial charge in [0.1, 0.15) is 23.4 Å². The van der Waals surface area contributed by atoms with Crippen molar-refractivity contribution in [1.82, 2.24) is 19.3 Å². The monoisotopic (exact) mass is 596 g/mol. The summed E-state index contributed by atoms with van der Waals surface area (Å²) in [6.07, 6.45) is 4.06. The van der Waals surface area contributed by atoms with Gasteiger partial charge in [0.05, 0.1) is 29.9 Å². The van der Waals surface area contributed by atoms with Crippen molar-refractivity contribution in [1.29, 1.82) is 0 Å². The summed E-state index contributed by atoms with van der Waals surface area (Å²) < 4.78 is 71.5. The number of hydrogen-bond acceptors (Lipinski definition) is 10. The molecule has 40 heavy (non-hydrogen) atoms. The minimum absolute atomic E-state index is 0.00866. The quantitative estimate of drug-likeness (QED) is 0.356. The van der Waals surface area contributed by atoms with Crippen molar-refractivity contribution in [3.8, 4) is 11.6 Å². The molecule has 0 saturated carbocycles. The van der Waals surface area contributed by atoms with Crippen LogP contribution in [-0.4, -0.2) is 95.5 Å².